The van der Waals surface area contributed by atoms with Crippen LogP contribution in [0.2, 0.25) is 0 Å². The lowest BCUT2D eigenvalue weighted by atomic mass is 10.2. The molecular weight excluding hydrogens is 280 g/mol. The molecule has 0 aliphatic heterocycles. The second-order valence-electron chi connectivity index (χ2n) is 3.93. The summed E-state index contributed by atoms with van der Waals surface area (Å²) in [5, 5.41) is 15.2. The van der Waals surface area contributed by atoms with Crippen molar-refractivity contribution in [2.75, 3.05) is 5.73 Å². The molecule has 1 aromatic carbocycles. The van der Waals surface area contributed by atoms with Gasteiger partial charge < -0.3 is 10.3 Å². The molecule has 7 nitrogen and oxygen atoms in total. The Morgan fingerprint density at radius 2 is 2.15 bits per heavy atom. The first-order valence-corrected chi connectivity index (χ1v) is 6.39. The number of hydrogen-bond acceptors (Lipinski definition) is 7. The van der Waals surface area contributed by atoms with Crippen molar-refractivity contribution >= 4 is 22.0 Å². The number of nitrogen functional groups attached to an aromatic ring is 1. The number of rotatable bonds is 3. The Balaban J connectivity index is 1.98. The molecule has 0 aliphatic carbocycles. The molecule has 20 heavy (non-hydrogen) atoms. The summed E-state index contributed by atoms with van der Waals surface area (Å²) in [7, 11) is 0. The number of non-ortho nitro benzene ring substituents is 1. The van der Waals surface area contributed by atoms with Crippen molar-refractivity contribution in [3.63, 3.8) is 0 Å². The highest BCUT2D eigenvalue weighted by Gasteiger charge is 2.14. The number of nitro groups is 1. The number of nitrogens with zero attached hydrogens (tertiary/aromatic N) is 3. The van der Waals surface area contributed by atoms with Gasteiger partial charge in [-0.05, 0) is 12.1 Å². The van der Waals surface area contributed by atoms with E-state index < -0.39 is 4.92 Å². The predicted molar refractivity (Wildman–Crippen MR) is 74.1 cm³/mol. The van der Waals surface area contributed by atoms with E-state index in [1.807, 2.05) is 0 Å². The van der Waals surface area contributed by atoms with Crippen molar-refractivity contribution in [3.8, 4) is 22.2 Å². The van der Waals surface area contributed by atoms with E-state index in [1.165, 1.54) is 23.5 Å². The molecule has 0 unspecified atom stereocenters. The van der Waals surface area contributed by atoms with E-state index in [0.717, 1.165) is 4.88 Å². The molecule has 0 spiro atoms. The Morgan fingerprint density at radius 1 is 1.30 bits per heavy atom. The van der Waals surface area contributed by atoms with Crippen molar-refractivity contribution < 1.29 is 9.45 Å². The van der Waals surface area contributed by atoms with Crippen molar-refractivity contribution in [3.05, 3.63) is 46.5 Å². The molecule has 3 aromatic rings. The Kier molecular flexibility index (Phi) is 2.92. The van der Waals surface area contributed by atoms with Gasteiger partial charge in [0.2, 0.25) is 5.82 Å². The van der Waals surface area contributed by atoms with Crippen LogP contribution < -0.4 is 5.73 Å². The fourth-order valence-corrected chi connectivity index (χ4v) is 2.36. The summed E-state index contributed by atoms with van der Waals surface area (Å²) in [4.78, 5) is 15.3. The Hall–Kier alpha value is -2.74. The van der Waals surface area contributed by atoms with Crippen LogP contribution in [-0.2, 0) is 0 Å². The highest BCUT2D eigenvalue weighted by molar-refractivity contribution is 7.19. The van der Waals surface area contributed by atoms with Crippen LogP contribution in [0.25, 0.3) is 22.2 Å². The van der Waals surface area contributed by atoms with Crippen LogP contribution in [0.3, 0.4) is 0 Å². The first kappa shape index (κ1) is 12.3. The number of thiophene rings is 1. The summed E-state index contributed by atoms with van der Waals surface area (Å²) in [6.07, 6.45) is 0. The molecule has 0 fully saturated rings. The van der Waals surface area contributed by atoms with E-state index in [1.54, 1.807) is 24.3 Å². The largest absolute Gasteiger partial charge is 0.391 e. The van der Waals surface area contributed by atoms with Crippen LogP contribution in [0.5, 0.6) is 0 Å². The molecule has 0 amide bonds. The third kappa shape index (κ3) is 2.24. The fraction of sp³-hybridized carbons (Fsp3) is 0. The number of benzene rings is 1. The van der Waals surface area contributed by atoms with Gasteiger partial charge >= 0.3 is 0 Å². The minimum absolute atomic E-state index is 0.0192. The topological polar surface area (TPSA) is 108 Å². The van der Waals surface area contributed by atoms with Gasteiger partial charge in [-0.25, -0.2) is 0 Å². The number of nitrogens with two attached hydrogens (primary N) is 1. The van der Waals surface area contributed by atoms with Gasteiger partial charge in [0, 0.05) is 17.7 Å². The average molecular weight is 288 g/mol. The molecule has 0 atom stereocenters. The molecule has 2 heterocycles. The van der Waals surface area contributed by atoms with Gasteiger partial charge in [0.15, 0.2) is 0 Å². The number of anilines is 1. The second-order valence-corrected chi connectivity index (χ2v) is 5.05. The van der Waals surface area contributed by atoms with E-state index in [4.69, 9.17) is 10.3 Å². The first-order valence-electron chi connectivity index (χ1n) is 5.58. The highest BCUT2D eigenvalue weighted by atomic mass is 32.1. The Bertz CT molecular complexity index is 780. The fourth-order valence-electron chi connectivity index (χ4n) is 1.67. The zero-order valence-electron chi connectivity index (χ0n) is 10.0. The number of hydrogen-bond donors (Lipinski definition) is 1. The van der Waals surface area contributed by atoms with Gasteiger partial charge in [-0.15, -0.1) is 11.3 Å². The third-order valence-corrected chi connectivity index (χ3v) is 3.48. The van der Waals surface area contributed by atoms with Gasteiger partial charge in [0.1, 0.15) is 0 Å². The average Bonchev–Trinajstić information content (AvgIpc) is 3.07. The Morgan fingerprint density at radius 3 is 2.85 bits per heavy atom. The van der Waals surface area contributed by atoms with Crippen LogP contribution >= 0.6 is 11.3 Å². The molecule has 0 saturated heterocycles. The lowest BCUT2D eigenvalue weighted by molar-refractivity contribution is -0.384. The maximum atomic E-state index is 10.7. The number of nitro benzene ring substituents is 1. The van der Waals surface area contributed by atoms with Crippen LogP contribution in [0.1, 0.15) is 0 Å². The molecule has 100 valence electrons. The predicted octanol–water partition coefficient (Wildman–Crippen LogP) is 2.96. The summed E-state index contributed by atoms with van der Waals surface area (Å²) in [6, 6.07) is 9.60. The van der Waals surface area contributed by atoms with Gasteiger partial charge in [-0.3, -0.25) is 10.1 Å². The summed E-state index contributed by atoms with van der Waals surface area (Å²) in [6.45, 7) is 0. The van der Waals surface area contributed by atoms with E-state index in [2.05, 4.69) is 10.1 Å². The van der Waals surface area contributed by atoms with Crippen molar-refractivity contribution in [2.45, 2.75) is 0 Å². The SMILES string of the molecule is Nc1ccc(-c2nc(-c3cccc([N+](=O)[O-])c3)no2)s1. The summed E-state index contributed by atoms with van der Waals surface area (Å²) >= 11 is 1.33. The second kappa shape index (κ2) is 4.74. The van der Waals surface area contributed by atoms with Gasteiger partial charge in [-0.2, -0.15) is 4.98 Å². The third-order valence-electron chi connectivity index (χ3n) is 2.58. The van der Waals surface area contributed by atoms with Crippen LogP contribution in [0, 0.1) is 10.1 Å². The first-order chi connectivity index (χ1) is 9.63. The highest BCUT2D eigenvalue weighted by Crippen LogP contribution is 2.30. The Labute approximate surface area is 116 Å². The van der Waals surface area contributed by atoms with Crippen LogP contribution in [0.15, 0.2) is 40.9 Å². The normalized spacial score (nSPS) is 10.6. The summed E-state index contributed by atoms with van der Waals surface area (Å²) < 4.78 is 5.14. The quantitative estimate of drug-likeness (QED) is 0.586. The van der Waals surface area contributed by atoms with Crippen molar-refractivity contribution in [2.24, 2.45) is 0 Å². The van der Waals surface area contributed by atoms with Crippen molar-refractivity contribution in [1.82, 2.24) is 10.1 Å². The lowest BCUT2D eigenvalue weighted by Crippen LogP contribution is -1.88. The van der Waals surface area contributed by atoms with Crippen molar-refractivity contribution in [1.29, 1.82) is 0 Å². The maximum absolute atomic E-state index is 10.7. The van der Waals surface area contributed by atoms with E-state index in [-0.39, 0.29) is 5.69 Å². The monoisotopic (exact) mass is 288 g/mol. The maximum Gasteiger partial charge on any atom is 0.270 e. The summed E-state index contributed by atoms with van der Waals surface area (Å²) in [5.74, 6) is 0.642. The van der Waals surface area contributed by atoms with E-state index >= 15 is 0 Å². The minimum atomic E-state index is -0.468. The molecule has 2 aromatic heterocycles. The smallest absolute Gasteiger partial charge is 0.270 e. The zero-order chi connectivity index (χ0) is 14.1. The molecule has 3 rings (SSSR count). The lowest BCUT2D eigenvalue weighted by Gasteiger charge is -1.94. The van der Waals surface area contributed by atoms with Crippen LogP contribution in [0.4, 0.5) is 10.7 Å². The molecule has 2 N–H and O–H groups in total. The minimum Gasteiger partial charge on any atom is -0.391 e. The van der Waals surface area contributed by atoms with Gasteiger partial charge in [-0.1, -0.05) is 17.3 Å². The van der Waals surface area contributed by atoms with Gasteiger partial charge in [0.25, 0.3) is 11.6 Å². The molecule has 0 bridgehead atoms. The molecule has 8 heteroatoms. The molecule has 0 saturated carbocycles. The van der Waals surface area contributed by atoms with Crippen LogP contribution in [-0.4, -0.2) is 15.1 Å². The molecule has 0 radical (unpaired) electrons. The molecule has 0 aliphatic rings. The van der Waals surface area contributed by atoms with E-state index in [9.17, 15) is 10.1 Å². The number of aromatic nitrogens is 2. The zero-order valence-corrected chi connectivity index (χ0v) is 10.8. The van der Waals surface area contributed by atoms with Gasteiger partial charge in [0.05, 0.1) is 14.8 Å². The van der Waals surface area contributed by atoms with E-state index in [0.29, 0.717) is 22.3 Å². The summed E-state index contributed by atoms with van der Waals surface area (Å²) in [5.41, 5.74) is 6.15. The standard InChI is InChI=1S/C12H8N4O3S/c13-10-5-4-9(20-10)12-14-11(15-19-12)7-2-1-3-8(6-7)16(17)18/h1-6H,13H2. The molecular formula is C12H8N4O3S.